The molecule has 1 aromatic carbocycles. The Balaban J connectivity index is 2.55. The van der Waals surface area contributed by atoms with Gasteiger partial charge in [-0.2, -0.15) is 0 Å². The molecule has 0 aliphatic heterocycles. The molecule has 0 unspecified atom stereocenters. The number of carbonyl (C=O) groups excluding carboxylic acids is 2. The minimum atomic E-state index is -0.798. The maximum atomic E-state index is 11.6. The van der Waals surface area contributed by atoms with Crippen molar-refractivity contribution >= 4 is 17.7 Å². The van der Waals surface area contributed by atoms with Crippen LogP contribution in [0.3, 0.4) is 0 Å². The van der Waals surface area contributed by atoms with Crippen LogP contribution in [0.5, 0.6) is 0 Å². The number of nitrogens with zero attached hydrogens (tertiary/aromatic N) is 1. The summed E-state index contributed by atoms with van der Waals surface area (Å²) >= 11 is 0. The second kappa shape index (κ2) is 6.00. The van der Waals surface area contributed by atoms with Gasteiger partial charge in [0, 0.05) is 17.7 Å². The topological polar surface area (TPSA) is 111 Å². The van der Waals surface area contributed by atoms with E-state index in [1.807, 2.05) is 0 Å². The number of amides is 2. The van der Waals surface area contributed by atoms with Crippen molar-refractivity contribution in [2.75, 3.05) is 0 Å². The number of rotatable bonds is 2. The highest BCUT2D eigenvalue weighted by Gasteiger charge is 2.17. The molecule has 1 rings (SSSR count). The standard InChI is InChI=1S/C12H15N3O5/c1-12(2,3)20-11(17)14-13-10(16)8-4-6-9(7-5-8)15(18)19/h4-7H,1-3H3,(H,13,16)(H,14,17). The fraction of sp³-hybridized carbons (Fsp3) is 0.333. The third-order valence-corrected chi connectivity index (χ3v) is 2.02. The van der Waals surface area contributed by atoms with Crippen LogP contribution in [-0.4, -0.2) is 22.5 Å². The highest BCUT2D eigenvalue weighted by molar-refractivity contribution is 5.95. The second-order valence-corrected chi connectivity index (χ2v) is 4.88. The Labute approximate surface area is 115 Å². The number of nitrogens with one attached hydrogen (secondary N) is 2. The van der Waals surface area contributed by atoms with E-state index in [1.165, 1.54) is 24.3 Å². The molecule has 0 saturated heterocycles. The molecule has 108 valence electrons. The zero-order valence-electron chi connectivity index (χ0n) is 11.3. The lowest BCUT2D eigenvalue weighted by Crippen LogP contribution is -2.44. The van der Waals surface area contributed by atoms with E-state index in [0.29, 0.717) is 0 Å². The van der Waals surface area contributed by atoms with Crippen LogP contribution >= 0.6 is 0 Å². The summed E-state index contributed by atoms with van der Waals surface area (Å²) in [7, 11) is 0. The summed E-state index contributed by atoms with van der Waals surface area (Å²) < 4.78 is 4.92. The molecule has 0 saturated carbocycles. The van der Waals surface area contributed by atoms with Crippen molar-refractivity contribution in [2.45, 2.75) is 26.4 Å². The van der Waals surface area contributed by atoms with Crippen LogP contribution in [0.1, 0.15) is 31.1 Å². The van der Waals surface area contributed by atoms with E-state index in [2.05, 4.69) is 10.9 Å². The first-order valence-electron chi connectivity index (χ1n) is 5.73. The number of non-ortho nitro benzene ring substituents is 1. The maximum Gasteiger partial charge on any atom is 0.426 e. The monoisotopic (exact) mass is 281 g/mol. The Hall–Kier alpha value is -2.64. The molecule has 0 spiro atoms. The first-order chi connectivity index (χ1) is 9.19. The van der Waals surface area contributed by atoms with Crippen LogP contribution in [0.2, 0.25) is 0 Å². The van der Waals surface area contributed by atoms with Crippen LogP contribution in [0.15, 0.2) is 24.3 Å². The van der Waals surface area contributed by atoms with Gasteiger partial charge in [0.2, 0.25) is 0 Å². The molecule has 0 radical (unpaired) electrons. The molecule has 0 aliphatic carbocycles. The van der Waals surface area contributed by atoms with Gasteiger partial charge in [0.15, 0.2) is 0 Å². The lowest BCUT2D eigenvalue weighted by atomic mass is 10.2. The predicted molar refractivity (Wildman–Crippen MR) is 69.9 cm³/mol. The number of benzene rings is 1. The summed E-state index contributed by atoms with van der Waals surface area (Å²) in [6.45, 7) is 5.06. The number of hydrogen-bond donors (Lipinski definition) is 2. The molecule has 0 heterocycles. The van der Waals surface area contributed by atoms with Crippen molar-refractivity contribution in [3.63, 3.8) is 0 Å². The molecule has 8 nitrogen and oxygen atoms in total. The van der Waals surface area contributed by atoms with Gasteiger partial charge < -0.3 is 4.74 Å². The van der Waals surface area contributed by atoms with Gasteiger partial charge in [-0.25, -0.2) is 10.2 Å². The fourth-order valence-electron chi connectivity index (χ4n) is 1.22. The summed E-state index contributed by atoms with van der Waals surface area (Å²) in [4.78, 5) is 32.8. The molecular weight excluding hydrogens is 266 g/mol. The van der Waals surface area contributed by atoms with Crippen LogP contribution in [0.4, 0.5) is 10.5 Å². The minimum absolute atomic E-state index is 0.123. The summed E-state index contributed by atoms with van der Waals surface area (Å²) in [6, 6.07) is 4.96. The first kappa shape index (κ1) is 15.4. The van der Waals surface area contributed by atoms with E-state index in [1.54, 1.807) is 20.8 Å². The first-order valence-corrected chi connectivity index (χ1v) is 5.73. The van der Waals surface area contributed by atoms with Crippen LogP contribution < -0.4 is 10.9 Å². The minimum Gasteiger partial charge on any atom is -0.443 e. The number of nitro groups is 1. The summed E-state index contributed by atoms with van der Waals surface area (Å²) in [5.74, 6) is -0.606. The van der Waals surface area contributed by atoms with Crippen molar-refractivity contribution < 1.29 is 19.2 Å². The Morgan fingerprint density at radius 1 is 1.15 bits per heavy atom. The van der Waals surface area contributed by atoms with E-state index in [4.69, 9.17) is 4.74 Å². The van der Waals surface area contributed by atoms with E-state index >= 15 is 0 Å². The third kappa shape index (κ3) is 4.92. The highest BCUT2D eigenvalue weighted by atomic mass is 16.6. The van der Waals surface area contributed by atoms with Gasteiger partial charge in [-0.3, -0.25) is 20.3 Å². The summed E-state index contributed by atoms with van der Waals surface area (Å²) in [5.41, 5.74) is 3.59. The SMILES string of the molecule is CC(C)(C)OC(=O)NNC(=O)c1ccc([N+](=O)[O-])cc1. The molecule has 2 amide bonds. The molecule has 1 aromatic rings. The van der Waals surface area contributed by atoms with Gasteiger partial charge >= 0.3 is 6.09 Å². The van der Waals surface area contributed by atoms with Crippen LogP contribution in [-0.2, 0) is 4.74 Å². The van der Waals surface area contributed by atoms with Crippen LogP contribution in [0.25, 0.3) is 0 Å². The highest BCUT2D eigenvalue weighted by Crippen LogP contribution is 2.11. The third-order valence-electron chi connectivity index (χ3n) is 2.02. The van der Waals surface area contributed by atoms with Crippen molar-refractivity contribution in [3.05, 3.63) is 39.9 Å². The molecule has 2 N–H and O–H groups in total. The Kier molecular flexibility index (Phi) is 4.63. The molecule has 0 aliphatic rings. The number of nitro benzene ring substituents is 1. The molecule has 8 heteroatoms. The van der Waals surface area contributed by atoms with Crippen molar-refractivity contribution in [1.29, 1.82) is 0 Å². The lowest BCUT2D eigenvalue weighted by molar-refractivity contribution is -0.384. The van der Waals surface area contributed by atoms with Crippen molar-refractivity contribution in [1.82, 2.24) is 10.9 Å². The van der Waals surface area contributed by atoms with Crippen molar-refractivity contribution in [2.24, 2.45) is 0 Å². The average Bonchev–Trinajstić information content (AvgIpc) is 2.34. The van der Waals surface area contributed by atoms with Gasteiger partial charge in [0.25, 0.3) is 11.6 Å². The Morgan fingerprint density at radius 2 is 1.70 bits per heavy atom. The summed E-state index contributed by atoms with van der Waals surface area (Å²) in [6.07, 6.45) is -0.798. The van der Waals surface area contributed by atoms with Crippen LogP contribution in [0, 0.1) is 10.1 Å². The molecular formula is C12H15N3O5. The van der Waals surface area contributed by atoms with Gasteiger partial charge in [0.05, 0.1) is 4.92 Å². The van der Waals surface area contributed by atoms with E-state index in [9.17, 15) is 19.7 Å². The number of hydrogen-bond acceptors (Lipinski definition) is 5. The number of carbonyl (C=O) groups is 2. The van der Waals surface area contributed by atoms with E-state index in [0.717, 1.165) is 0 Å². The smallest absolute Gasteiger partial charge is 0.426 e. The quantitative estimate of drug-likeness (QED) is 0.634. The van der Waals surface area contributed by atoms with Gasteiger partial charge in [-0.1, -0.05) is 0 Å². The molecule has 0 aromatic heterocycles. The molecule has 0 atom stereocenters. The van der Waals surface area contributed by atoms with E-state index < -0.39 is 22.5 Å². The van der Waals surface area contributed by atoms with Gasteiger partial charge in [-0.15, -0.1) is 0 Å². The summed E-state index contributed by atoms with van der Waals surface area (Å²) in [5, 5.41) is 10.5. The zero-order chi connectivity index (χ0) is 15.3. The Morgan fingerprint density at radius 3 is 2.15 bits per heavy atom. The normalized spacial score (nSPS) is 10.6. The molecule has 20 heavy (non-hydrogen) atoms. The largest absolute Gasteiger partial charge is 0.443 e. The zero-order valence-corrected chi connectivity index (χ0v) is 11.3. The second-order valence-electron chi connectivity index (χ2n) is 4.88. The maximum absolute atomic E-state index is 11.6. The Bertz CT molecular complexity index is 519. The number of ether oxygens (including phenoxy) is 1. The number of hydrazine groups is 1. The fourth-order valence-corrected chi connectivity index (χ4v) is 1.22. The average molecular weight is 281 g/mol. The predicted octanol–water partition coefficient (Wildman–Crippen LogP) is 1.76. The van der Waals surface area contributed by atoms with Gasteiger partial charge in [-0.05, 0) is 32.9 Å². The molecule has 0 bridgehead atoms. The lowest BCUT2D eigenvalue weighted by Gasteiger charge is -2.19. The van der Waals surface area contributed by atoms with Gasteiger partial charge in [0.1, 0.15) is 5.60 Å². The van der Waals surface area contributed by atoms with Crippen molar-refractivity contribution in [3.8, 4) is 0 Å². The van der Waals surface area contributed by atoms with E-state index in [-0.39, 0.29) is 11.3 Å². The molecule has 0 fully saturated rings.